The van der Waals surface area contributed by atoms with Crippen LogP contribution in [0, 0.1) is 0 Å². The van der Waals surface area contributed by atoms with E-state index in [1.165, 1.54) is 22.3 Å². The molecule has 3 N–H and O–H groups in total. The normalized spacial score (nSPS) is 22.9. The molecule has 0 aromatic heterocycles. The molecule has 1 unspecified atom stereocenters. The topological polar surface area (TPSA) is 83.1 Å². The Hall–Kier alpha value is -1.44. The van der Waals surface area contributed by atoms with E-state index in [9.17, 15) is 13.2 Å². The molecular weight excluding hydrogens is 362 g/mol. The van der Waals surface area contributed by atoms with E-state index < -0.39 is 21.3 Å². The van der Waals surface area contributed by atoms with Crippen molar-refractivity contribution >= 4 is 21.7 Å². The average molecular weight is 393 g/mol. The summed E-state index contributed by atoms with van der Waals surface area (Å²) in [5.41, 5.74) is 6.03. The van der Waals surface area contributed by atoms with Crippen LogP contribution in [0.5, 0.6) is 0 Å². The number of nitrogens with zero attached hydrogens (tertiary/aromatic N) is 1. The highest BCUT2D eigenvalue weighted by molar-refractivity contribution is 7.85. The summed E-state index contributed by atoms with van der Waals surface area (Å²) in [6.07, 6.45) is 8.37. The minimum Gasteiger partial charge on any atom is -0.306 e. The van der Waals surface area contributed by atoms with Crippen LogP contribution in [0.15, 0.2) is 6.07 Å². The van der Waals surface area contributed by atoms with Gasteiger partial charge in [0, 0.05) is 0 Å². The molecule has 4 rings (SSSR count). The van der Waals surface area contributed by atoms with Gasteiger partial charge in [-0.3, -0.25) is 5.32 Å². The second kappa shape index (κ2) is 7.53. The lowest BCUT2D eigenvalue weighted by Gasteiger charge is -2.16. The van der Waals surface area contributed by atoms with Crippen molar-refractivity contribution in [2.45, 2.75) is 63.0 Å². The molecular formula is C20H30N3O3S+. The molecule has 0 radical (unpaired) electrons. The van der Waals surface area contributed by atoms with Crippen LogP contribution < -0.4 is 10.0 Å². The van der Waals surface area contributed by atoms with Gasteiger partial charge < -0.3 is 4.90 Å². The fraction of sp³-hybridized carbons (Fsp3) is 0.650. The number of benzene rings is 1. The van der Waals surface area contributed by atoms with E-state index in [-0.39, 0.29) is 0 Å². The number of hydrogen-bond acceptors (Lipinski definition) is 4. The summed E-state index contributed by atoms with van der Waals surface area (Å²) in [5, 5.41) is 2.53. The third kappa shape index (κ3) is 3.91. The van der Waals surface area contributed by atoms with Gasteiger partial charge in [0.1, 0.15) is 5.25 Å². The first-order chi connectivity index (χ1) is 12.9. The Labute approximate surface area is 161 Å². The lowest BCUT2D eigenvalue weighted by Crippen LogP contribution is -2.93. The minimum absolute atomic E-state index is 0.444. The zero-order valence-electron chi connectivity index (χ0n) is 16.1. The summed E-state index contributed by atoms with van der Waals surface area (Å²) < 4.78 is 26.5. The van der Waals surface area contributed by atoms with Crippen LogP contribution in [-0.2, 0) is 35.7 Å². The Bertz CT molecular complexity index is 818. The van der Waals surface area contributed by atoms with Crippen LogP contribution in [0.1, 0.15) is 54.4 Å². The number of carbonyl (C=O) groups is 1. The molecule has 7 heteroatoms. The number of urea groups is 1. The van der Waals surface area contributed by atoms with E-state index in [0.717, 1.165) is 68.4 Å². The van der Waals surface area contributed by atoms with Crippen molar-refractivity contribution in [3.05, 3.63) is 28.3 Å². The lowest BCUT2D eigenvalue weighted by molar-refractivity contribution is -0.380. The van der Waals surface area contributed by atoms with Gasteiger partial charge in [0.05, 0.1) is 5.69 Å². The van der Waals surface area contributed by atoms with E-state index in [0.29, 0.717) is 12.8 Å². The second-order valence-electron chi connectivity index (χ2n) is 8.29. The van der Waals surface area contributed by atoms with Gasteiger partial charge in [0.15, 0.2) is 0 Å². The van der Waals surface area contributed by atoms with Gasteiger partial charge in [0.25, 0.3) is 0 Å². The molecule has 6 nitrogen and oxygen atoms in total. The number of fused-ring (bicyclic) bond motifs is 2. The van der Waals surface area contributed by atoms with Crippen LogP contribution in [0.4, 0.5) is 10.5 Å². The van der Waals surface area contributed by atoms with Crippen LogP contribution in [0.25, 0.3) is 0 Å². The average Bonchev–Trinajstić information content (AvgIpc) is 3.20. The largest absolute Gasteiger partial charge is 0.433 e. The maximum atomic E-state index is 12.8. The molecule has 27 heavy (non-hydrogen) atoms. The first-order valence-corrected chi connectivity index (χ1v) is 11.8. The zero-order chi connectivity index (χ0) is 19.0. The summed E-state index contributed by atoms with van der Waals surface area (Å²) in [6, 6.07) is 1.82. The molecule has 2 amide bonds. The Kier molecular flexibility index (Phi) is 5.27. The van der Waals surface area contributed by atoms with Crippen molar-refractivity contribution in [2.75, 3.05) is 25.5 Å². The van der Waals surface area contributed by atoms with Crippen molar-refractivity contribution in [2.24, 2.45) is 0 Å². The molecule has 0 saturated carbocycles. The van der Waals surface area contributed by atoms with Crippen LogP contribution in [0.2, 0.25) is 0 Å². The smallest absolute Gasteiger partial charge is 0.306 e. The van der Waals surface area contributed by atoms with Gasteiger partial charge in [-0.25, -0.2) is 4.79 Å². The minimum atomic E-state index is -3.54. The number of primary sulfonamides is 1. The van der Waals surface area contributed by atoms with Crippen LogP contribution >= 0.6 is 0 Å². The number of amides is 2. The highest BCUT2D eigenvalue weighted by Gasteiger charge is 2.34. The number of carbonyl (C=O) groups excluding carboxylic acids is 1. The van der Waals surface area contributed by atoms with E-state index >= 15 is 0 Å². The Morgan fingerprint density at radius 1 is 1.04 bits per heavy atom. The maximum absolute atomic E-state index is 12.8. The van der Waals surface area contributed by atoms with Gasteiger partial charge >= 0.3 is 16.1 Å². The summed E-state index contributed by atoms with van der Waals surface area (Å²) >= 11 is 0. The number of quaternary nitrogens is 1. The van der Waals surface area contributed by atoms with Crippen molar-refractivity contribution in [1.29, 1.82) is 0 Å². The second-order valence-corrected chi connectivity index (χ2v) is 10.4. The number of hydrogen-bond donors (Lipinski definition) is 2. The highest BCUT2D eigenvalue weighted by atomic mass is 32.2. The first kappa shape index (κ1) is 18.9. The predicted molar refractivity (Wildman–Crippen MR) is 105 cm³/mol. The molecule has 1 aromatic carbocycles. The number of nitrogens with two attached hydrogens (primary N) is 1. The molecule has 1 aromatic rings. The fourth-order valence-electron chi connectivity index (χ4n) is 4.90. The number of nitrogens with one attached hydrogen (secondary N) is 1. The SMILES string of the molecule is CN1CCCC(S(=O)(=O)[NH2+]C(=O)Nc2c3c(cc4c2CCC4)CCC3)CC1. The number of anilines is 1. The lowest BCUT2D eigenvalue weighted by atomic mass is 9.99. The van der Waals surface area contributed by atoms with Gasteiger partial charge in [-0.2, -0.15) is 13.1 Å². The van der Waals surface area contributed by atoms with Crippen molar-refractivity contribution in [1.82, 2.24) is 4.90 Å². The molecule has 1 atom stereocenters. The Balaban J connectivity index is 1.50. The molecule has 1 aliphatic heterocycles. The summed E-state index contributed by atoms with van der Waals surface area (Å²) in [6.45, 7) is 1.68. The Morgan fingerprint density at radius 3 is 2.37 bits per heavy atom. The molecule has 1 saturated heterocycles. The quantitative estimate of drug-likeness (QED) is 0.818. The molecule has 2 aliphatic carbocycles. The highest BCUT2D eigenvalue weighted by Crippen LogP contribution is 2.38. The van der Waals surface area contributed by atoms with Crippen molar-refractivity contribution in [3.8, 4) is 0 Å². The van der Waals surface area contributed by atoms with E-state index in [4.69, 9.17) is 0 Å². The Morgan fingerprint density at radius 2 is 1.70 bits per heavy atom. The summed E-state index contributed by atoms with van der Waals surface area (Å²) in [5.74, 6) is 0. The zero-order valence-corrected chi connectivity index (χ0v) is 16.9. The molecule has 3 aliphatic rings. The molecule has 148 valence electrons. The number of sulfonamides is 1. The summed E-state index contributed by atoms with van der Waals surface area (Å²) in [7, 11) is -1.53. The monoisotopic (exact) mass is 392 g/mol. The summed E-state index contributed by atoms with van der Waals surface area (Å²) in [4.78, 5) is 14.8. The van der Waals surface area contributed by atoms with Crippen molar-refractivity contribution in [3.63, 3.8) is 0 Å². The van der Waals surface area contributed by atoms with Gasteiger partial charge in [0.2, 0.25) is 0 Å². The van der Waals surface area contributed by atoms with Gasteiger partial charge in [-0.05, 0) is 100 Å². The number of aryl methyl sites for hydroxylation is 2. The number of primary amides is 1. The van der Waals surface area contributed by atoms with E-state index in [1.54, 1.807) is 0 Å². The van der Waals surface area contributed by atoms with Crippen LogP contribution in [-0.4, -0.2) is 44.7 Å². The van der Waals surface area contributed by atoms with Crippen LogP contribution in [0.3, 0.4) is 0 Å². The molecule has 1 fully saturated rings. The number of likely N-dealkylation sites (tertiary alicyclic amines) is 1. The molecule has 1 heterocycles. The van der Waals surface area contributed by atoms with Crippen molar-refractivity contribution < 1.29 is 17.9 Å². The first-order valence-electron chi connectivity index (χ1n) is 10.2. The van der Waals surface area contributed by atoms with E-state index in [2.05, 4.69) is 16.3 Å². The van der Waals surface area contributed by atoms with E-state index in [1.807, 2.05) is 7.05 Å². The third-order valence-electron chi connectivity index (χ3n) is 6.36. The predicted octanol–water partition coefficient (Wildman–Crippen LogP) is 1.57. The standard InChI is InChI=1S/C20H29N3O3S/c1-23-11-4-7-16(10-12-23)27(25,26)22-20(24)21-19-17-8-2-5-14(17)13-15-6-3-9-18(15)19/h13,16H,2-12H2,1H3,(H2,21,22,24)/p+1. The van der Waals surface area contributed by atoms with Gasteiger partial charge in [-0.15, -0.1) is 0 Å². The maximum Gasteiger partial charge on any atom is 0.433 e. The molecule has 0 spiro atoms. The fourth-order valence-corrected chi connectivity index (χ4v) is 6.38. The number of rotatable bonds is 3. The van der Waals surface area contributed by atoms with Gasteiger partial charge in [-0.1, -0.05) is 6.07 Å². The molecule has 0 bridgehead atoms. The third-order valence-corrected chi connectivity index (χ3v) is 8.30.